The monoisotopic (exact) mass is 281 g/mol. The van der Waals surface area contributed by atoms with Gasteiger partial charge in [-0.2, -0.15) is 0 Å². The molecule has 0 spiro atoms. The number of hydrogen-bond acceptors (Lipinski definition) is 4. The lowest BCUT2D eigenvalue weighted by Crippen LogP contribution is -2.41. The Morgan fingerprint density at radius 3 is 2.70 bits per heavy atom. The molecule has 7 heteroatoms. The molecule has 0 bridgehead atoms. The number of aromatic nitrogens is 1. The van der Waals surface area contributed by atoms with E-state index >= 15 is 0 Å². The minimum Gasteiger partial charge on any atom is -0.396 e. The molecular formula is C13H19N3O4. The number of nitrogens with one attached hydrogen (secondary N) is 2. The summed E-state index contributed by atoms with van der Waals surface area (Å²) < 4.78 is 0. The Morgan fingerprint density at radius 1 is 1.45 bits per heavy atom. The van der Waals surface area contributed by atoms with Gasteiger partial charge < -0.3 is 15.4 Å². The SMILES string of the molecule is O=C(NCC1(CO)CCCCC1)c1cc([N+](=O)[O-])c[nH]1. The van der Waals surface area contributed by atoms with Gasteiger partial charge in [0.1, 0.15) is 5.69 Å². The number of rotatable bonds is 5. The van der Waals surface area contributed by atoms with Crippen molar-refractivity contribution in [2.24, 2.45) is 5.41 Å². The predicted octanol–water partition coefficient (Wildman–Crippen LogP) is 1.60. The fourth-order valence-electron chi connectivity index (χ4n) is 2.67. The highest BCUT2D eigenvalue weighted by Gasteiger charge is 2.32. The largest absolute Gasteiger partial charge is 0.396 e. The van der Waals surface area contributed by atoms with Gasteiger partial charge in [-0.25, -0.2) is 0 Å². The first-order chi connectivity index (χ1) is 9.56. The second-order valence-electron chi connectivity index (χ2n) is 5.43. The first-order valence-electron chi connectivity index (χ1n) is 6.78. The number of hydrogen-bond donors (Lipinski definition) is 3. The summed E-state index contributed by atoms with van der Waals surface area (Å²) in [7, 11) is 0. The molecule has 3 N–H and O–H groups in total. The van der Waals surface area contributed by atoms with Gasteiger partial charge in [-0.05, 0) is 12.8 Å². The molecule has 1 aliphatic carbocycles. The summed E-state index contributed by atoms with van der Waals surface area (Å²) in [5, 5.41) is 22.9. The molecule has 1 aromatic heterocycles. The summed E-state index contributed by atoms with van der Waals surface area (Å²) >= 11 is 0. The average molecular weight is 281 g/mol. The third kappa shape index (κ3) is 3.16. The number of aliphatic hydroxyl groups excluding tert-OH is 1. The van der Waals surface area contributed by atoms with Crippen LogP contribution >= 0.6 is 0 Å². The van der Waals surface area contributed by atoms with E-state index in [0.29, 0.717) is 6.54 Å². The average Bonchev–Trinajstić information content (AvgIpc) is 2.96. The van der Waals surface area contributed by atoms with Crippen LogP contribution in [0.2, 0.25) is 0 Å². The summed E-state index contributed by atoms with van der Waals surface area (Å²) in [6.45, 7) is 0.452. The highest BCUT2D eigenvalue weighted by atomic mass is 16.6. The van der Waals surface area contributed by atoms with Crippen LogP contribution in [0.5, 0.6) is 0 Å². The topological polar surface area (TPSA) is 108 Å². The molecule has 7 nitrogen and oxygen atoms in total. The van der Waals surface area contributed by atoms with Crippen LogP contribution in [0.25, 0.3) is 0 Å². The van der Waals surface area contributed by atoms with Crippen LogP contribution in [0.3, 0.4) is 0 Å². The van der Waals surface area contributed by atoms with E-state index in [2.05, 4.69) is 10.3 Å². The van der Waals surface area contributed by atoms with Crippen molar-refractivity contribution in [3.63, 3.8) is 0 Å². The van der Waals surface area contributed by atoms with E-state index < -0.39 is 4.92 Å². The van der Waals surface area contributed by atoms with Crippen molar-refractivity contribution in [2.75, 3.05) is 13.2 Å². The Labute approximate surface area is 116 Å². The molecule has 0 radical (unpaired) electrons. The normalized spacial score (nSPS) is 17.6. The van der Waals surface area contributed by atoms with Crippen molar-refractivity contribution in [1.29, 1.82) is 0 Å². The molecule has 0 atom stereocenters. The zero-order valence-corrected chi connectivity index (χ0v) is 11.2. The Bertz CT molecular complexity index is 492. The highest BCUT2D eigenvalue weighted by molar-refractivity contribution is 5.93. The van der Waals surface area contributed by atoms with Gasteiger partial charge >= 0.3 is 0 Å². The van der Waals surface area contributed by atoms with E-state index in [1.807, 2.05) is 0 Å². The third-order valence-electron chi connectivity index (χ3n) is 4.00. The first kappa shape index (κ1) is 14.5. The van der Waals surface area contributed by atoms with Crippen LogP contribution < -0.4 is 5.32 Å². The van der Waals surface area contributed by atoms with Crippen LogP contribution in [0.4, 0.5) is 5.69 Å². The van der Waals surface area contributed by atoms with E-state index in [0.717, 1.165) is 25.7 Å². The molecule has 0 aromatic carbocycles. The summed E-state index contributed by atoms with van der Waals surface area (Å²) in [6.07, 6.45) is 6.27. The van der Waals surface area contributed by atoms with Crippen molar-refractivity contribution in [1.82, 2.24) is 10.3 Å². The molecule has 1 amide bonds. The maximum absolute atomic E-state index is 11.9. The van der Waals surface area contributed by atoms with Gasteiger partial charge in [0.15, 0.2) is 0 Å². The number of nitrogens with zero attached hydrogens (tertiary/aromatic N) is 1. The summed E-state index contributed by atoms with van der Waals surface area (Å²) in [4.78, 5) is 24.5. The highest BCUT2D eigenvalue weighted by Crippen LogP contribution is 2.35. The van der Waals surface area contributed by atoms with E-state index in [9.17, 15) is 20.0 Å². The molecule has 1 saturated carbocycles. The van der Waals surface area contributed by atoms with E-state index in [-0.39, 0.29) is 29.3 Å². The lowest BCUT2D eigenvalue weighted by Gasteiger charge is -2.35. The number of aliphatic hydroxyl groups is 1. The Hall–Kier alpha value is -1.89. The van der Waals surface area contributed by atoms with Gasteiger partial charge in [-0.15, -0.1) is 0 Å². The van der Waals surface area contributed by atoms with Crippen LogP contribution in [0, 0.1) is 15.5 Å². The first-order valence-corrected chi connectivity index (χ1v) is 6.78. The molecule has 20 heavy (non-hydrogen) atoms. The molecule has 0 unspecified atom stereocenters. The molecular weight excluding hydrogens is 262 g/mol. The second kappa shape index (κ2) is 6.04. The van der Waals surface area contributed by atoms with Crippen LogP contribution in [0.15, 0.2) is 12.3 Å². The summed E-state index contributed by atoms with van der Waals surface area (Å²) in [6, 6.07) is 1.21. The fourth-order valence-corrected chi connectivity index (χ4v) is 2.67. The smallest absolute Gasteiger partial charge is 0.287 e. The van der Waals surface area contributed by atoms with Crippen molar-refractivity contribution < 1.29 is 14.8 Å². The standard InChI is InChI=1S/C13H19N3O4/c17-9-13(4-2-1-3-5-13)8-15-12(18)11-6-10(7-14-11)16(19)20/h6-7,14,17H,1-5,8-9H2,(H,15,18). The van der Waals surface area contributed by atoms with E-state index in [1.54, 1.807) is 0 Å². The minimum absolute atomic E-state index is 0.0537. The Morgan fingerprint density at radius 2 is 2.15 bits per heavy atom. The van der Waals surface area contributed by atoms with Crippen molar-refractivity contribution in [3.05, 3.63) is 28.1 Å². The van der Waals surface area contributed by atoms with Crippen LogP contribution in [-0.4, -0.2) is 34.1 Å². The maximum Gasteiger partial charge on any atom is 0.287 e. The fraction of sp³-hybridized carbons (Fsp3) is 0.615. The summed E-state index contributed by atoms with van der Waals surface area (Å²) in [5.74, 6) is -0.378. The van der Waals surface area contributed by atoms with Crippen LogP contribution in [0.1, 0.15) is 42.6 Å². The molecule has 0 aliphatic heterocycles. The molecule has 1 heterocycles. The molecule has 2 rings (SSSR count). The number of H-pyrrole nitrogens is 1. The molecule has 0 saturated heterocycles. The van der Waals surface area contributed by atoms with Crippen molar-refractivity contribution in [3.8, 4) is 0 Å². The van der Waals surface area contributed by atoms with Gasteiger partial charge in [0.25, 0.3) is 11.6 Å². The zero-order valence-electron chi connectivity index (χ0n) is 11.2. The number of amides is 1. The van der Waals surface area contributed by atoms with Gasteiger partial charge in [0.05, 0.1) is 17.7 Å². The minimum atomic E-state index is -0.552. The zero-order chi connectivity index (χ0) is 14.6. The third-order valence-corrected chi connectivity index (χ3v) is 4.00. The molecule has 1 fully saturated rings. The van der Waals surface area contributed by atoms with Gasteiger partial charge in [0, 0.05) is 18.0 Å². The van der Waals surface area contributed by atoms with Gasteiger partial charge in [0.2, 0.25) is 0 Å². The Kier molecular flexibility index (Phi) is 4.39. The molecule has 110 valence electrons. The number of carbonyl (C=O) groups excluding carboxylic acids is 1. The predicted molar refractivity (Wildman–Crippen MR) is 72.4 cm³/mol. The number of nitro groups is 1. The lowest BCUT2D eigenvalue weighted by molar-refractivity contribution is -0.384. The van der Waals surface area contributed by atoms with E-state index in [1.165, 1.54) is 18.7 Å². The molecule has 1 aromatic rings. The maximum atomic E-state index is 11.9. The van der Waals surface area contributed by atoms with Gasteiger partial charge in [-0.1, -0.05) is 19.3 Å². The number of carbonyl (C=O) groups is 1. The van der Waals surface area contributed by atoms with Crippen molar-refractivity contribution in [2.45, 2.75) is 32.1 Å². The van der Waals surface area contributed by atoms with E-state index in [4.69, 9.17) is 0 Å². The molecule has 1 aliphatic rings. The summed E-state index contributed by atoms with van der Waals surface area (Å²) in [5.41, 5.74) is -0.211. The van der Waals surface area contributed by atoms with Gasteiger partial charge in [-0.3, -0.25) is 14.9 Å². The lowest BCUT2D eigenvalue weighted by atomic mass is 9.74. The number of aromatic amines is 1. The van der Waals surface area contributed by atoms with Crippen molar-refractivity contribution >= 4 is 11.6 Å². The quantitative estimate of drug-likeness (QED) is 0.562. The Balaban J connectivity index is 1.95. The second-order valence-corrected chi connectivity index (χ2v) is 5.43. The van der Waals surface area contributed by atoms with Crippen LogP contribution in [-0.2, 0) is 0 Å².